The number of hydrogen-bond acceptors (Lipinski definition) is 8. The minimum atomic E-state index is -1.24. The number of carbonyl (C=O) groups excluding carboxylic acids is 3. The Hall–Kier alpha value is -2.87. The Bertz CT molecular complexity index is 1600. The summed E-state index contributed by atoms with van der Waals surface area (Å²) in [5, 5.41) is 10.4. The van der Waals surface area contributed by atoms with Crippen LogP contribution in [0.25, 0.3) is 0 Å². The fourth-order valence-electron chi connectivity index (χ4n) is 13.5. The van der Waals surface area contributed by atoms with E-state index in [4.69, 9.17) is 18.9 Å². The topological polar surface area (TPSA) is 108 Å². The highest BCUT2D eigenvalue weighted by Crippen LogP contribution is 2.87. The maximum absolute atomic E-state index is 13.0. The molecule has 0 aromatic heterocycles. The second kappa shape index (κ2) is 10.3. The van der Waals surface area contributed by atoms with Crippen LogP contribution in [0.2, 0.25) is 0 Å². The van der Waals surface area contributed by atoms with Gasteiger partial charge in [0.05, 0.1) is 6.61 Å². The largest absolute Gasteiger partial charge is 0.508 e. The Morgan fingerprint density at radius 1 is 1.04 bits per heavy atom. The highest BCUT2D eigenvalue weighted by molar-refractivity contribution is 5.93. The zero-order valence-corrected chi connectivity index (χ0v) is 29.5. The summed E-state index contributed by atoms with van der Waals surface area (Å²) in [5.41, 5.74) is 0.889. The Balaban J connectivity index is 1.20. The summed E-state index contributed by atoms with van der Waals surface area (Å²) in [6.45, 7) is 14.7. The van der Waals surface area contributed by atoms with Crippen molar-refractivity contribution in [1.29, 1.82) is 0 Å². The van der Waals surface area contributed by atoms with E-state index in [2.05, 4.69) is 40.7 Å². The number of aromatic hydroxyl groups is 1. The van der Waals surface area contributed by atoms with Crippen molar-refractivity contribution in [2.24, 2.45) is 63.1 Å². The van der Waals surface area contributed by atoms with E-state index in [1.165, 1.54) is 13.8 Å². The van der Waals surface area contributed by atoms with Gasteiger partial charge in [-0.3, -0.25) is 14.4 Å². The highest BCUT2D eigenvalue weighted by Gasteiger charge is 2.82. The van der Waals surface area contributed by atoms with E-state index in [1.807, 2.05) is 12.1 Å². The van der Waals surface area contributed by atoms with E-state index >= 15 is 0 Å². The van der Waals surface area contributed by atoms with Crippen LogP contribution in [-0.2, 0) is 35.0 Å². The molecule has 0 bridgehead atoms. The minimum Gasteiger partial charge on any atom is -0.508 e. The molecule has 260 valence electrons. The lowest BCUT2D eigenvalue weighted by Crippen LogP contribution is -2.62. The van der Waals surface area contributed by atoms with Crippen molar-refractivity contribution in [2.75, 3.05) is 6.61 Å². The molecule has 5 unspecified atom stereocenters. The van der Waals surface area contributed by atoms with Crippen molar-refractivity contribution in [2.45, 2.75) is 111 Å². The van der Waals surface area contributed by atoms with Gasteiger partial charge in [-0.25, -0.2) is 0 Å². The van der Waals surface area contributed by atoms with E-state index in [1.54, 1.807) is 12.1 Å². The lowest BCUT2D eigenvalue weighted by Gasteiger charge is -2.61. The molecule has 2 aliphatic heterocycles. The van der Waals surface area contributed by atoms with Crippen LogP contribution in [0.4, 0.5) is 0 Å². The molecular weight excluding hydrogens is 608 g/mol. The first-order valence-electron chi connectivity index (χ1n) is 18.3. The minimum absolute atomic E-state index is 0.0645. The molecule has 0 amide bonds. The molecular formula is C40H52O8. The molecule has 7 aliphatic rings. The number of esters is 2. The SMILES string of the molecule is CC(=O)O[C@H]1C[C@@]2(C)C3CCC4[C@H](C)C(=O)C=C[C@@]45C[C@@]35CC[C@]2(C)[C@H]1[C@H](C)[C@@H](OC(C)=O)C12OCC(C)C1Cc1ccc(O)cc1O2. The van der Waals surface area contributed by atoms with Crippen molar-refractivity contribution in [3.05, 3.63) is 35.9 Å². The number of carbonyl (C=O) groups is 3. The van der Waals surface area contributed by atoms with Gasteiger partial charge in [0.2, 0.25) is 0 Å². The van der Waals surface area contributed by atoms with Gasteiger partial charge in [0.25, 0.3) is 5.79 Å². The number of ether oxygens (including phenoxy) is 4. The number of allylic oxidation sites excluding steroid dienone is 2. The first-order chi connectivity index (χ1) is 22.6. The fourth-order valence-corrected chi connectivity index (χ4v) is 13.5. The first-order valence-corrected chi connectivity index (χ1v) is 18.3. The lowest BCUT2D eigenvalue weighted by molar-refractivity contribution is -0.267. The van der Waals surface area contributed by atoms with Gasteiger partial charge in [0.15, 0.2) is 11.9 Å². The standard InChI is InChI=1S/C40H52O8/c1-21-19-45-40(29(21)16-26-8-9-27(43)17-31(26)48-40)35(47-25(5)42)23(3)34-32(46-24(4)41)18-37(7)33-11-10-28-22(2)30(44)12-13-38(28)20-39(33,38)15-14-36(34,37)6/h8-9,12-13,17,21-23,28-29,32-35,43H,10-11,14-16,18-20H2,1-7H3/t21?,22-,23-,28?,29?,32-,33?,34-,35+,36+,37-,38+,39-,40?/m0/s1. The van der Waals surface area contributed by atoms with E-state index in [0.29, 0.717) is 30.6 Å². The van der Waals surface area contributed by atoms with Crippen molar-refractivity contribution in [1.82, 2.24) is 0 Å². The third-order valence-electron chi connectivity index (χ3n) is 15.6. The Morgan fingerprint density at radius 3 is 2.54 bits per heavy atom. The summed E-state index contributed by atoms with van der Waals surface area (Å²) in [6.07, 6.45) is 9.76. The van der Waals surface area contributed by atoms with Gasteiger partial charge in [-0.05, 0) is 102 Å². The van der Waals surface area contributed by atoms with Crippen LogP contribution >= 0.6 is 0 Å². The maximum atomic E-state index is 13.0. The molecule has 1 saturated heterocycles. The lowest BCUT2D eigenvalue weighted by atomic mass is 9.43. The van der Waals surface area contributed by atoms with Gasteiger partial charge in [0.1, 0.15) is 17.6 Å². The zero-order valence-electron chi connectivity index (χ0n) is 29.5. The van der Waals surface area contributed by atoms with E-state index in [-0.39, 0.29) is 74.9 Å². The second-order valence-corrected chi connectivity index (χ2v) is 17.5. The van der Waals surface area contributed by atoms with Crippen LogP contribution in [0.5, 0.6) is 11.5 Å². The van der Waals surface area contributed by atoms with Gasteiger partial charge < -0.3 is 24.1 Å². The van der Waals surface area contributed by atoms with Gasteiger partial charge in [-0.15, -0.1) is 0 Å². The molecule has 1 N–H and O–H groups in total. The third kappa shape index (κ3) is 4.01. The van der Waals surface area contributed by atoms with E-state index in [0.717, 1.165) is 44.1 Å². The summed E-state index contributed by atoms with van der Waals surface area (Å²) in [6, 6.07) is 5.21. The number of benzene rings is 1. The van der Waals surface area contributed by atoms with E-state index < -0.39 is 17.9 Å². The van der Waals surface area contributed by atoms with Crippen molar-refractivity contribution in [3.63, 3.8) is 0 Å². The summed E-state index contributed by atoms with van der Waals surface area (Å²) < 4.78 is 26.2. The van der Waals surface area contributed by atoms with Gasteiger partial charge >= 0.3 is 11.9 Å². The molecule has 1 aromatic carbocycles. The summed E-state index contributed by atoms with van der Waals surface area (Å²) >= 11 is 0. The molecule has 8 rings (SSSR count). The second-order valence-electron chi connectivity index (χ2n) is 17.5. The average Bonchev–Trinajstić information content (AvgIpc) is 3.50. The quantitative estimate of drug-likeness (QED) is 0.344. The number of fused-ring (bicyclic) bond motifs is 4. The average molecular weight is 661 g/mol. The summed E-state index contributed by atoms with van der Waals surface area (Å²) in [7, 11) is 0. The number of phenolic OH excluding ortho intramolecular Hbond substituents is 1. The van der Waals surface area contributed by atoms with E-state index in [9.17, 15) is 19.5 Å². The smallest absolute Gasteiger partial charge is 0.303 e. The molecule has 48 heavy (non-hydrogen) atoms. The van der Waals surface area contributed by atoms with Crippen LogP contribution in [0, 0.1) is 63.1 Å². The maximum Gasteiger partial charge on any atom is 0.303 e. The molecule has 14 atom stereocenters. The predicted molar refractivity (Wildman–Crippen MR) is 177 cm³/mol. The molecule has 0 radical (unpaired) electrons. The summed E-state index contributed by atoms with van der Waals surface area (Å²) in [5.74, 6) is -0.446. The number of hydrogen-bond donors (Lipinski definition) is 1. The Labute approximate surface area is 284 Å². The van der Waals surface area contributed by atoms with Gasteiger partial charge in [-0.1, -0.05) is 46.8 Å². The van der Waals surface area contributed by atoms with Gasteiger partial charge in [0, 0.05) is 43.6 Å². The van der Waals surface area contributed by atoms with Crippen LogP contribution in [-0.4, -0.2) is 47.4 Å². The molecule has 2 spiro atoms. The fraction of sp³-hybridized carbons (Fsp3) is 0.725. The van der Waals surface area contributed by atoms with Gasteiger partial charge in [-0.2, -0.15) is 0 Å². The highest BCUT2D eigenvalue weighted by atomic mass is 16.7. The number of phenols is 1. The Kier molecular flexibility index (Phi) is 6.96. The van der Waals surface area contributed by atoms with Crippen LogP contribution in [0.1, 0.15) is 92.6 Å². The molecule has 8 heteroatoms. The number of ketones is 1. The molecule has 5 fully saturated rings. The van der Waals surface area contributed by atoms with Crippen LogP contribution in [0.3, 0.4) is 0 Å². The van der Waals surface area contributed by atoms with Crippen LogP contribution in [0.15, 0.2) is 30.4 Å². The van der Waals surface area contributed by atoms with Crippen molar-refractivity contribution < 1.29 is 38.4 Å². The molecule has 2 heterocycles. The third-order valence-corrected chi connectivity index (χ3v) is 15.6. The van der Waals surface area contributed by atoms with Crippen molar-refractivity contribution in [3.8, 4) is 11.5 Å². The predicted octanol–water partition coefficient (Wildman–Crippen LogP) is 6.81. The first kappa shape index (κ1) is 32.3. The Morgan fingerprint density at radius 2 is 1.81 bits per heavy atom. The van der Waals surface area contributed by atoms with Crippen molar-refractivity contribution >= 4 is 17.7 Å². The molecule has 4 saturated carbocycles. The molecule has 8 nitrogen and oxygen atoms in total. The molecule has 5 aliphatic carbocycles. The zero-order chi connectivity index (χ0) is 34.2. The van der Waals surface area contributed by atoms with Crippen LogP contribution < -0.4 is 4.74 Å². The monoisotopic (exact) mass is 660 g/mol. The normalized spacial score (nSPS) is 47.6. The summed E-state index contributed by atoms with van der Waals surface area (Å²) in [4.78, 5) is 38.6. The number of rotatable bonds is 5. The molecule has 1 aromatic rings.